The number of aliphatic hydroxyl groups is 2. The van der Waals surface area contributed by atoms with Gasteiger partial charge in [-0.2, -0.15) is 0 Å². The lowest BCUT2D eigenvalue weighted by Gasteiger charge is -2.28. The van der Waals surface area contributed by atoms with E-state index in [9.17, 15) is 29.3 Å². The van der Waals surface area contributed by atoms with Gasteiger partial charge in [0.15, 0.2) is 6.10 Å². The van der Waals surface area contributed by atoms with Crippen molar-refractivity contribution < 1.29 is 52.3 Å². The lowest BCUT2D eigenvalue weighted by Crippen LogP contribution is -2.37. The van der Waals surface area contributed by atoms with Gasteiger partial charge >= 0.3 is 5.97 Å². The number of aliphatic hydroxyl groups excluding tert-OH is 2. The molecule has 1 unspecified atom stereocenters. The van der Waals surface area contributed by atoms with E-state index < -0.39 is 32.1 Å². The number of ketones is 1. The Bertz CT molecular complexity index is 1150. The van der Waals surface area contributed by atoms with Gasteiger partial charge in [-0.05, 0) is 44.6 Å². The maximum atomic E-state index is 12.6. The minimum Gasteiger partial charge on any atom is -0.756 e. The Morgan fingerprint density at radius 2 is 1.46 bits per heavy atom. The Morgan fingerprint density at radius 3 is 2.11 bits per heavy atom. The van der Waals surface area contributed by atoms with E-state index in [2.05, 4.69) is 13.8 Å². The third-order valence-electron chi connectivity index (χ3n) is 10.2. The van der Waals surface area contributed by atoms with Crippen molar-refractivity contribution in [3.8, 4) is 0 Å². The first-order valence-corrected chi connectivity index (χ1v) is 23.3. The first-order valence-electron chi connectivity index (χ1n) is 21.9. The lowest BCUT2D eigenvalue weighted by molar-refractivity contribution is -0.870. The number of carbonyl (C=O) groups excluding carboxylic acids is 2. The molecule has 326 valence electrons. The van der Waals surface area contributed by atoms with Crippen LogP contribution >= 0.6 is 7.82 Å². The van der Waals surface area contributed by atoms with Crippen molar-refractivity contribution >= 4 is 19.6 Å². The number of likely N-dealkylation sites (N-methyl/N-ethyl adjacent to an activating group) is 1. The predicted octanol–water partition coefficient (Wildman–Crippen LogP) is 8.91. The zero-order valence-corrected chi connectivity index (χ0v) is 36.7. The number of carbonyl (C=O) groups is 2. The number of rotatable bonds is 36. The molecule has 0 aromatic carbocycles. The molecule has 1 fully saturated rings. The summed E-state index contributed by atoms with van der Waals surface area (Å²) in [5.41, 5.74) is 0. The van der Waals surface area contributed by atoms with E-state index in [1.165, 1.54) is 70.5 Å². The highest BCUT2D eigenvalue weighted by atomic mass is 31.2. The summed E-state index contributed by atoms with van der Waals surface area (Å²) in [4.78, 5) is 37.5. The van der Waals surface area contributed by atoms with Crippen LogP contribution in [-0.4, -0.2) is 92.3 Å². The highest BCUT2D eigenvalue weighted by molar-refractivity contribution is 7.45. The molecule has 1 aliphatic carbocycles. The van der Waals surface area contributed by atoms with E-state index in [1.807, 2.05) is 39.4 Å². The molecular weight excluding hydrogens is 733 g/mol. The van der Waals surface area contributed by atoms with Gasteiger partial charge in [-0.25, -0.2) is 0 Å². The Labute approximate surface area is 340 Å². The molecule has 0 aromatic rings. The van der Waals surface area contributed by atoms with Crippen LogP contribution in [0.4, 0.5) is 0 Å². The molecule has 1 saturated carbocycles. The van der Waals surface area contributed by atoms with Crippen molar-refractivity contribution in [2.24, 2.45) is 11.8 Å². The highest BCUT2D eigenvalue weighted by Crippen LogP contribution is 2.38. The second-order valence-electron chi connectivity index (χ2n) is 16.5. The summed E-state index contributed by atoms with van der Waals surface area (Å²) >= 11 is 0. The SMILES string of the molecule is CCCCCCCCCCCCCC/C=C/O[C@H](COC(=O)CCC/C=C\C[C@H]1C(=O)C[C@@H](O)[C@@H]1/C=C/[C@@H](O)CCCCC)COP(=O)([O-])OCC[N+](C)(C)C. The van der Waals surface area contributed by atoms with Crippen molar-refractivity contribution in [2.45, 2.75) is 173 Å². The van der Waals surface area contributed by atoms with E-state index >= 15 is 0 Å². The van der Waals surface area contributed by atoms with Crippen molar-refractivity contribution in [1.29, 1.82) is 0 Å². The van der Waals surface area contributed by atoms with E-state index in [4.69, 9.17) is 18.5 Å². The Balaban J connectivity index is 2.48. The Kier molecular flexibility index (Phi) is 29.9. The first-order chi connectivity index (χ1) is 26.8. The number of hydrogen-bond donors (Lipinski definition) is 2. The third-order valence-corrected chi connectivity index (χ3v) is 11.1. The van der Waals surface area contributed by atoms with E-state index in [0.29, 0.717) is 36.7 Å². The number of phosphoric ester groups is 1. The van der Waals surface area contributed by atoms with Crippen LogP contribution in [0.25, 0.3) is 0 Å². The molecule has 6 atom stereocenters. The zero-order valence-electron chi connectivity index (χ0n) is 35.8. The lowest BCUT2D eigenvalue weighted by atomic mass is 9.90. The number of allylic oxidation sites excluding steroid dienone is 3. The van der Waals surface area contributed by atoms with E-state index in [1.54, 1.807) is 12.2 Å². The number of ether oxygens (including phenoxy) is 2. The summed E-state index contributed by atoms with van der Waals surface area (Å²) in [6.45, 7) is 4.29. The van der Waals surface area contributed by atoms with Gasteiger partial charge in [-0.1, -0.05) is 128 Å². The van der Waals surface area contributed by atoms with Crippen LogP contribution in [0, 0.1) is 11.8 Å². The smallest absolute Gasteiger partial charge is 0.305 e. The van der Waals surface area contributed by atoms with Gasteiger partial charge in [0.2, 0.25) is 0 Å². The van der Waals surface area contributed by atoms with Crippen LogP contribution in [0.15, 0.2) is 36.6 Å². The maximum absolute atomic E-state index is 12.6. The number of Topliss-reactive ketones (excluding diaryl/α,β-unsaturated/α-hetero) is 1. The van der Waals surface area contributed by atoms with Crippen LogP contribution in [0.3, 0.4) is 0 Å². The van der Waals surface area contributed by atoms with Crippen LogP contribution in [-0.2, 0) is 32.7 Å². The fourth-order valence-corrected chi connectivity index (χ4v) is 7.30. The first kappa shape index (κ1) is 52.2. The second kappa shape index (κ2) is 32.1. The quantitative estimate of drug-likeness (QED) is 0.0157. The number of hydrogen-bond acceptors (Lipinski definition) is 10. The molecule has 12 heteroatoms. The number of phosphoric acid groups is 1. The van der Waals surface area contributed by atoms with E-state index in [-0.39, 0.29) is 50.3 Å². The van der Waals surface area contributed by atoms with E-state index in [0.717, 1.165) is 38.5 Å². The van der Waals surface area contributed by atoms with Crippen molar-refractivity contribution in [3.63, 3.8) is 0 Å². The van der Waals surface area contributed by atoms with Gasteiger partial charge < -0.3 is 38.1 Å². The number of quaternary nitrogens is 1. The normalized spacial score (nSPS) is 20.0. The van der Waals surface area contributed by atoms with Gasteiger partial charge in [-0.15, -0.1) is 0 Å². The summed E-state index contributed by atoms with van der Waals surface area (Å²) in [5.74, 6) is -1.08. The summed E-state index contributed by atoms with van der Waals surface area (Å²) in [6, 6.07) is 0. The summed E-state index contributed by atoms with van der Waals surface area (Å²) < 4.78 is 34.2. The number of unbranched alkanes of at least 4 members (excludes halogenated alkanes) is 15. The average Bonchev–Trinajstić information content (AvgIpc) is 3.41. The molecular formula is C44H80NO10P. The molecule has 2 N–H and O–H groups in total. The molecule has 0 bridgehead atoms. The van der Waals surface area contributed by atoms with Crippen LogP contribution in [0.2, 0.25) is 0 Å². The summed E-state index contributed by atoms with van der Waals surface area (Å²) in [6.07, 6.45) is 30.4. The third kappa shape index (κ3) is 28.5. The molecule has 56 heavy (non-hydrogen) atoms. The molecule has 0 amide bonds. The molecule has 0 aromatic heterocycles. The van der Waals surface area contributed by atoms with Gasteiger partial charge in [0.25, 0.3) is 7.82 Å². The van der Waals surface area contributed by atoms with Gasteiger partial charge in [0.1, 0.15) is 25.5 Å². The van der Waals surface area contributed by atoms with Gasteiger partial charge in [0.05, 0.1) is 46.2 Å². The van der Waals surface area contributed by atoms with Crippen LogP contribution in [0.1, 0.15) is 155 Å². The maximum Gasteiger partial charge on any atom is 0.305 e. The summed E-state index contributed by atoms with van der Waals surface area (Å²) in [5, 5.41) is 20.7. The van der Waals surface area contributed by atoms with Crippen LogP contribution < -0.4 is 4.89 Å². The number of nitrogens with zero attached hydrogens (tertiary/aromatic N) is 1. The van der Waals surface area contributed by atoms with Gasteiger partial charge in [-0.3, -0.25) is 14.2 Å². The molecule has 1 rings (SSSR count). The Morgan fingerprint density at radius 1 is 0.857 bits per heavy atom. The Hall–Kier alpha value is -1.85. The zero-order chi connectivity index (χ0) is 41.5. The molecule has 11 nitrogen and oxygen atoms in total. The topological polar surface area (TPSA) is 152 Å². The van der Waals surface area contributed by atoms with Crippen LogP contribution in [0.5, 0.6) is 0 Å². The summed E-state index contributed by atoms with van der Waals surface area (Å²) in [7, 11) is 1.21. The highest BCUT2D eigenvalue weighted by Gasteiger charge is 2.39. The monoisotopic (exact) mass is 814 g/mol. The van der Waals surface area contributed by atoms with Crippen molar-refractivity contribution in [2.75, 3.05) is 47.5 Å². The largest absolute Gasteiger partial charge is 0.756 e. The average molecular weight is 814 g/mol. The van der Waals surface area contributed by atoms with Crippen molar-refractivity contribution in [3.05, 3.63) is 36.6 Å². The predicted molar refractivity (Wildman–Crippen MR) is 223 cm³/mol. The molecule has 0 heterocycles. The molecule has 1 aliphatic rings. The molecule has 0 aliphatic heterocycles. The van der Waals surface area contributed by atoms with Gasteiger partial charge in [0, 0.05) is 24.7 Å². The second-order valence-corrected chi connectivity index (χ2v) is 18.0. The minimum atomic E-state index is -4.58. The minimum absolute atomic E-state index is 0.0158. The fraction of sp³-hybridized carbons (Fsp3) is 0.818. The molecule has 0 spiro atoms. The standard InChI is InChI=1S/C44H80NO10P/c1-6-8-10-11-12-13-14-15-16-17-18-19-22-26-33-52-39(37-55-56(50,51)54-34-32-45(3,4)5)36-53-44(49)29-25-21-20-24-28-40-41(43(48)35-42(40)47)31-30-38(46)27-23-9-7-2/h20,24,26,30-31,33,38-41,43,46,48H,6-19,21-23,25,27-29,32,34-37H2,1-5H3/b24-20-,31-30+,33-26+/t38-,39+,40+,41+,43+/m0/s1. The fourth-order valence-electron chi connectivity index (χ4n) is 6.57. The van der Waals surface area contributed by atoms with Crippen molar-refractivity contribution in [1.82, 2.24) is 0 Å². The number of esters is 1. The molecule has 0 saturated heterocycles. The molecule has 0 radical (unpaired) electrons.